The summed E-state index contributed by atoms with van der Waals surface area (Å²) in [6.45, 7) is 12.5. The molecule has 1 N–H and O–H groups in total. The highest BCUT2D eigenvalue weighted by molar-refractivity contribution is 7.94. The lowest BCUT2D eigenvalue weighted by atomic mass is 9.79. The van der Waals surface area contributed by atoms with Crippen molar-refractivity contribution in [3.8, 4) is 0 Å². The smallest absolute Gasteiger partial charge is 0.210 e. The van der Waals surface area contributed by atoms with Crippen LogP contribution in [-0.2, 0) is 30.3 Å². The molecule has 0 aromatic heterocycles. The second-order valence-corrected chi connectivity index (χ2v) is 16.1. The molecule has 0 saturated carbocycles. The number of benzene rings is 4. The number of hydrogen-bond donors (Lipinski definition) is 1. The number of hydrogen-bond acceptors (Lipinski definition) is 9. The monoisotopic (exact) mass is 727 g/mol. The molecule has 51 heavy (non-hydrogen) atoms. The molecule has 0 spiro atoms. The van der Waals surface area contributed by atoms with Crippen LogP contribution < -0.4 is 10.2 Å². The molecule has 0 fully saturated rings. The van der Waals surface area contributed by atoms with E-state index in [9.17, 15) is 23.3 Å². The third-order valence-electron chi connectivity index (χ3n) is 10.2. The predicted octanol–water partition coefficient (Wildman–Crippen LogP) is 7.48. The predicted molar refractivity (Wildman–Crippen MR) is 200 cm³/mol. The highest BCUT2D eigenvalue weighted by atomic mass is 32.2. The summed E-state index contributed by atoms with van der Waals surface area (Å²) >= 11 is 0.565. The van der Waals surface area contributed by atoms with E-state index in [1.807, 2.05) is 24.3 Å². The Morgan fingerprint density at radius 1 is 0.902 bits per heavy atom. The first kappa shape index (κ1) is 37.0. The molecular formula is C40H43N2O7S2-. The van der Waals surface area contributed by atoms with Gasteiger partial charge in [0, 0.05) is 59.0 Å². The molecule has 4 aromatic rings. The number of allylic oxidation sites excluding steroid dienone is 6. The van der Waals surface area contributed by atoms with Crippen LogP contribution in [0.1, 0.15) is 65.0 Å². The minimum Gasteiger partial charge on any atom is -0.744 e. The number of unbranched alkanes of at least 4 members (excludes halogenated alkanes) is 2. The van der Waals surface area contributed by atoms with Crippen molar-refractivity contribution in [1.29, 1.82) is 0 Å². The van der Waals surface area contributed by atoms with E-state index in [2.05, 4.69) is 108 Å². The van der Waals surface area contributed by atoms with Crippen molar-refractivity contribution in [2.24, 2.45) is 0 Å². The molecule has 0 unspecified atom stereocenters. The van der Waals surface area contributed by atoms with Crippen molar-refractivity contribution in [2.75, 3.05) is 24.6 Å². The molecule has 0 atom stereocenters. The number of rotatable bonds is 13. The second kappa shape index (κ2) is 14.7. The molecule has 11 heteroatoms. The zero-order valence-electron chi connectivity index (χ0n) is 29.5. The lowest BCUT2D eigenvalue weighted by Gasteiger charge is -2.26. The highest BCUT2D eigenvalue weighted by Crippen LogP contribution is 2.52. The normalized spacial score (nSPS) is 17.6. The highest BCUT2D eigenvalue weighted by Gasteiger charge is 2.45. The molecule has 2 aliphatic heterocycles. The van der Waals surface area contributed by atoms with Gasteiger partial charge in [0.15, 0.2) is 5.71 Å². The van der Waals surface area contributed by atoms with Gasteiger partial charge in [-0.2, -0.15) is 8.91 Å². The van der Waals surface area contributed by atoms with Crippen LogP contribution in [-0.4, -0.2) is 48.1 Å². The fraction of sp³-hybridized carbons (Fsp3) is 0.325. The van der Waals surface area contributed by atoms with Crippen molar-refractivity contribution in [2.45, 2.75) is 74.5 Å². The summed E-state index contributed by atoms with van der Waals surface area (Å²) in [7, 11) is -4.81. The van der Waals surface area contributed by atoms with E-state index in [-0.39, 0.29) is 16.9 Å². The van der Waals surface area contributed by atoms with Crippen LogP contribution in [0, 0.1) is 0 Å². The fourth-order valence-corrected chi connectivity index (χ4v) is 9.08. The van der Waals surface area contributed by atoms with Gasteiger partial charge in [-0.3, -0.25) is 5.04 Å². The van der Waals surface area contributed by atoms with Gasteiger partial charge >= 0.3 is 0 Å². The van der Waals surface area contributed by atoms with Gasteiger partial charge in [0.25, 0.3) is 0 Å². The average Bonchev–Trinajstić information content (AvgIpc) is 3.46. The largest absolute Gasteiger partial charge is 0.744 e. The standard InChI is InChI=1S/C40H44N2O7S2/c1-6-41-32-22-20-30-31(25-28(51(45,46)47)26-34(30)50-49-48-44)38(32)39(2,3)35(41)17-9-7-10-18-36-40(4,5)37-29-16-12-11-15-27(29)19-21-33(37)42(36)23-13-8-14-24-43/h7,9-12,15-22,25-26,43H,6,8,13-14,23-24H2,1-5H3,(H-,44,45,46,47)/p-1. The van der Waals surface area contributed by atoms with Crippen LogP contribution >= 0.6 is 12.0 Å². The topological polar surface area (TPSA) is 125 Å². The molecule has 0 saturated heterocycles. The first-order valence-electron chi connectivity index (χ1n) is 17.2. The average molecular weight is 728 g/mol. The van der Waals surface area contributed by atoms with Gasteiger partial charge in [0.2, 0.25) is 5.69 Å². The SMILES string of the molecule is CCN1/C(=C/C=C/C=C/C2=[N+](CCCCCO)c3ccc4ccccc4c3C2(C)C)C(C)(C)c2c1ccc1c(SOO[O-])cc(S(=O)(=O)[O-])cc21. The number of anilines is 1. The third-order valence-corrected chi connectivity index (χ3v) is 11.6. The van der Waals surface area contributed by atoms with Gasteiger partial charge in [-0.25, -0.2) is 8.42 Å². The number of aliphatic hydroxyl groups is 1. The van der Waals surface area contributed by atoms with Gasteiger partial charge in [-0.1, -0.05) is 62.4 Å². The summed E-state index contributed by atoms with van der Waals surface area (Å²) in [5.74, 6) is 0. The molecule has 4 aromatic carbocycles. The summed E-state index contributed by atoms with van der Waals surface area (Å²) in [4.78, 5) is 2.06. The second-order valence-electron chi connectivity index (χ2n) is 13.9. The molecule has 0 bridgehead atoms. The molecule has 9 nitrogen and oxygen atoms in total. The Labute approximate surface area is 304 Å². The van der Waals surface area contributed by atoms with Crippen LogP contribution in [0.25, 0.3) is 21.5 Å². The summed E-state index contributed by atoms with van der Waals surface area (Å²) in [5.41, 5.74) is 5.76. The quantitative estimate of drug-likeness (QED) is 0.0284. The van der Waals surface area contributed by atoms with Crippen LogP contribution in [0.5, 0.6) is 0 Å². The maximum atomic E-state index is 12.2. The molecule has 6 rings (SSSR count). The minimum absolute atomic E-state index is 0.202. The Balaban J connectivity index is 1.37. The summed E-state index contributed by atoms with van der Waals surface area (Å²) in [5, 5.41) is 27.2. The summed E-state index contributed by atoms with van der Waals surface area (Å²) < 4.78 is 43.4. The molecular weight excluding hydrogens is 685 g/mol. The number of likely N-dealkylation sites (N-methyl/N-ethyl adjacent to an activating group) is 1. The molecule has 2 heterocycles. The fourth-order valence-electron chi connectivity index (χ4n) is 7.94. The Bertz CT molecular complexity index is 2220. The summed E-state index contributed by atoms with van der Waals surface area (Å²) in [6.07, 6.45) is 13.1. The van der Waals surface area contributed by atoms with E-state index in [4.69, 9.17) is 0 Å². The van der Waals surface area contributed by atoms with E-state index in [1.165, 1.54) is 39.9 Å². The van der Waals surface area contributed by atoms with Crippen molar-refractivity contribution >= 4 is 60.8 Å². The van der Waals surface area contributed by atoms with Gasteiger partial charge in [0.05, 0.1) is 22.4 Å². The lowest BCUT2D eigenvalue weighted by Crippen LogP contribution is -2.28. The van der Waals surface area contributed by atoms with E-state index in [0.717, 1.165) is 42.8 Å². The van der Waals surface area contributed by atoms with Crippen LogP contribution in [0.2, 0.25) is 0 Å². The molecule has 0 aliphatic carbocycles. The molecule has 2 aliphatic rings. The third kappa shape index (κ3) is 6.80. The summed E-state index contributed by atoms with van der Waals surface area (Å²) in [6, 6.07) is 19.4. The Morgan fingerprint density at radius 2 is 1.69 bits per heavy atom. The molecule has 0 amide bonds. The lowest BCUT2D eigenvalue weighted by molar-refractivity contribution is -0.777. The Hall–Kier alpha value is -3.81. The minimum atomic E-state index is -4.81. The first-order valence-corrected chi connectivity index (χ1v) is 19.3. The maximum absolute atomic E-state index is 12.2. The zero-order valence-corrected chi connectivity index (χ0v) is 31.1. The maximum Gasteiger partial charge on any atom is 0.210 e. The molecule has 268 valence electrons. The molecule has 0 radical (unpaired) electrons. The van der Waals surface area contributed by atoms with Crippen LogP contribution in [0.3, 0.4) is 0 Å². The van der Waals surface area contributed by atoms with E-state index < -0.39 is 20.4 Å². The van der Waals surface area contributed by atoms with Gasteiger partial charge < -0.3 is 19.8 Å². The van der Waals surface area contributed by atoms with E-state index >= 15 is 0 Å². The van der Waals surface area contributed by atoms with Gasteiger partial charge in [-0.15, -0.1) is 0 Å². The van der Waals surface area contributed by atoms with Crippen LogP contribution in [0.4, 0.5) is 11.4 Å². The van der Waals surface area contributed by atoms with Crippen molar-refractivity contribution in [3.05, 3.63) is 108 Å². The Morgan fingerprint density at radius 3 is 2.41 bits per heavy atom. The van der Waals surface area contributed by atoms with Gasteiger partial charge in [-0.05, 0) is 91.1 Å². The number of aliphatic hydroxyl groups excluding tert-OH is 1. The first-order chi connectivity index (χ1) is 24.4. The van der Waals surface area contributed by atoms with Crippen molar-refractivity contribution < 1.29 is 37.3 Å². The van der Waals surface area contributed by atoms with Crippen molar-refractivity contribution in [1.82, 2.24) is 0 Å². The van der Waals surface area contributed by atoms with Crippen LogP contribution in [0.15, 0.2) is 107 Å². The van der Waals surface area contributed by atoms with Gasteiger partial charge in [0.1, 0.15) is 16.7 Å². The van der Waals surface area contributed by atoms with E-state index in [1.54, 1.807) is 0 Å². The number of nitrogens with zero attached hydrogens (tertiary/aromatic N) is 2. The van der Waals surface area contributed by atoms with Crippen molar-refractivity contribution in [3.63, 3.8) is 0 Å². The zero-order chi connectivity index (χ0) is 36.6. The Kier molecular flexibility index (Phi) is 10.6. The van der Waals surface area contributed by atoms with E-state index in [0.29, 0.717) is 29.4 Å². The number of fused-ring (bicyclic) bond motifs is 6.